The molecule has 2 aliphatic rings. The van der Waals surface area contributed by atoms with Crippen molar-refractivity contribution in [2.45, 2.75) is 89.9 Å². The molecule has 0 N–H and O–H groups in total. The summed E-state index contributed by atoms with van der Waals surface area (Å²) in [5, 5.41) is 26.9. The number of aromatic nitrogens is 8. The number of fused-ring (bicyclic) bond motifs is 3. The van der Waals surface area contributed by atoms with Crippen molar-refractivity contribution < 1.29 is 0 Å². The number of hydrogen-bond donors (Lipinski definition) is 0. The summed E-state index contributed by atoms with van der Waals surface area (Å²) in [6.07, 6.45) is 11.2. The fraction of sp³-hybridized carbons (Fsp3) is 0.583. The van der Waals surface area contributed by atoms with E-state index in [1.807, 2.05) is 4.52 Å². The minimum Gasteiger partial charge on any atom is -0.288 e. The number of rotatable bonds is 6. The average molecular weight is 446 g/mol. The predicted octanol–water partition coefficient (Wildman–Crippen LogP) is 4.02. The second-order valence-corrected chi connectivity index (χ2v) is 9.77. The number of aryl methyl sites for hydroxylation is 1. The molecule has 33 heavy (non-hydrogen) atoms. The molecule has 0 spiro atoms. The summed E-state index contributed by atoms with van der Waals surface area (Å²) >= 11 is 0. The smallest absolute Gasteiger partial charge is 0.184 e. The lowest BCUT2D eigenvalue weighted by molar-refractivity contribution is 0.133. The van der Waals surface area contributed by atoms with Gasteiger partial charge in [0.2, 0.25) is 0 Å². The van der Waals surface area contributed by atoms with Crippen LogP contribution in [0.2, 0.25) is 0 Å². The molecule has 0 bridgehead atoms. The number of tetrazole rings is 2. The van der Waals surface area contributed by atoms with E-state index in [2.05, 4.69) is 71.8 Å². The molecule has 9 heteroatoms. The van der Waals surface area contributed by atoms with Crippen LogP contribution in [0.4, 0.5) is 0 Å². The Morgan fingerprint density at radius 1 is 0.909 bits per heavy atom. The summed E-state index contributed by atoms with van der Waals surface area (Å²) < 4.78 is 4.00. The molecule has 3 aromatic heterocycles. The van der Waals surface area contributed by atoms with Crippen LogP contribution in [0.1, 0.15) is 80.8 Å². The van der Waals surface area contributed by atoms with Gasteiger partial charge in [-0.25, -0.2) is 4.68 Å². The zero-order valence-corrected chi connectivity index (χ0v) is 19.3. The monoisotopic (exact) mass is 445 g/mol. The molecule has 0 atom stereocenters. The van der Waals surface area contributed by atoms with Gasteiger partial charge < -0.3 is 0 Å². The van der Waals surface area contributed by atoms with Gasteiger partial charge in [0.1, 0.15) is 0 Å². The van der Waals surface area contributed by atoms with Crippen LogP contribution in [-0.4, -0.2) is 51.2 Å². The van der Waals surface area contributed by atoms with Gasteiger partial charge in [-0.2, -0.15) is 4.52 Å². The Bertz CT molecular complexity index is 1250. The van der Waals surface area contributed by atoms with Crippen molar-refractivity contribution in [3.05, 3.63) is 41.2 Å². The third kappa shape index (κ3) is 3.88. The highest BCUT2D eigenvalue weighted by Gasteiger charge is 2.27. The molecular weight excluding hydrogens is 414 g/mol. The molecule has 2 fully saturated rings. The van der Waals surface area contributed by atoms with E-state index in [1.165, 1.54) is 68.7 Å². The summed E-state index contributed by atoms with van der Waals surface area (Å²) in [6, 6.07) is 9.60. The maximum atomic E-state index is 4.47. The summed E-state index contributed by atoms with van der Waals surface area (Å²) in [6.45, 7) is 3.66. The largest absolute Gasteiger partial charge is 0.288 e. The molecule has 4 aromatic rings. The number of hydrogen-bond acceptors (Lipinski definition) is 7. The van der Waals surface area contributed by atoms with Crippen molar-refractivity contribution in [3.8, 4) is 0 Å². The van der Waals surface area contributed by atoms with Crippen LogP contribution in [-0.2, 0) is 13.1 Å². The van der Waals surface area contributed by atoms with Gasteiger partial charge in [0.25, 0.3) is 0 Å². The first kappa shape index (κ1) is 20.7. The van der Waals surface area contributed by atoms with Crippen molar-refractivity contribution in [1.82, 2.24) is 45.1 Å². The number of nitrogens with zero attached hydrogens (tertiary/aromatic N) is 9. The second kappa shape index (κ2) is 8.78. The molecule has 9 nitrogen and oxygen atoms in total. The summed E-state index contributed by atoms with van der Waals surface area (Å²) in [5.74, 6) is 0.986. The first-order valence-electron chi connectivity index (χ1n) is 12.4. The number of benzene rings is 1. The molecule has 172 valence electrons. The van der Waals surface area contributed by atoms with Gasteiger partial charge >= 0.3 is 0 Å². The molecular formula is C24H31N9. The van der Waals surface area contributed by atoms with Crippen LogP contribution in [0.25, 0.3) is 16.6 Å². The summed E-state index contributed by atoms with van der Waals surface area (Å²) in [4.78, 5) is 2.57. The molecule has 3 heterocycles. The van der Waals surface area contributed by atoms with Crippen LogP contribution >= 0.6 is 0 Å². The lowest BCUT2D eigenvalue weighted by atomic mass is 9.93. The quantitative estimate of drug-likeness (QED) is 0.443. The molecule has 0 amide bonds. The van der Waals surface area contributed by atoms with E-state index in [-0.39, 0.29) is 0 Å². The SMILES string of the molecule is Cc1cccc2cc(CN(Cc3nnnn3C3CCCC3)C3CCCCC3)c3nnnn3c12. The predicted molar refractivity (Wildman–Crippen MR) is 124 cm³/mol. The molecule has 6 rings (SSSR count). The third-order valence-electron chi connectivity index (χ3n) is 7.61. The van der Waals surface area contributed by atoms with Gasteiger partial charge in [-0.3, -0.25) is 4.90 Å². The van der Waals surface area contributed by atoms with E-state index in [9.17, 15) is 0 Å². The highest BCUT2D eigenvalue weighted by molar-refractivity contribution is 5.85. The Morgan fingerprint density at radius 2 is 1.70 bits per heavy atom. The van der Waals surface area contributed by atoms with Crippen molar-refractivity contribution in [1.29, 1.82) is 0 Å². The van der Waals surface area contributed by atoms with Gasteiger partial charge in [0, 0.05) is 23.5 Å². The Kier molecular flexibility index (Phi) is 5.49. The molecule has 2 aliphatic carbocycles. The van der Waals surface area contributed by atoms with Crippen LogP contribution in [0.3, 0.4) is 0 Å². The van der Waals surface area contributed by atoms with E-state index in [4.69, 9.17) is 0 Å². The highest BCUT2D eigenvalue weighted by atomic mass is 15.6. The topological polar surface area (TPSA) is 89.9 Å². The van der Waals surface area contributed by atoms with Crippen molar-refractivity contribution in [2.24, 2.45) is 0 Å². The minimum absolute atomic E-state index is 0.444. The Labute approximate surface area is 193 Å². The zero-order chi connectivity index (χ0) is 22.2. The Morgan fingerprint density at radius 3 is 2.55 bits per heavy atom. The molecule has 0 saturated heterocycles. The van der Waals surface area contributed by atoms with E-state index in [0.717, 1.165) is 35.6 Å². The van der Waals surface area contributed by atoms with Crippen LogP contribution < -0.4 is 0 Å². The van der Waals surface area contributed by atoms with Gasteiger partial charge in [0.15, 0.2) is 11.5 Å². The lowest BCUT2D eigenvalue weighted by Crippen LogP contribution is -2.37. The molecule has 0 aliphatic heterocycles. The van der Waals surface area contributed by atoms with Crippen LogP contribution in [0.15, 0.2) is 24.3 Å². The van der Waals surface area contributed by atoms with E-state index < -0.39 is 0 Å². The first-order chi connectivity index (χ1) is 16.3. The standard InChI is InChI=1S/C24H31N9/c1-17-8-7-9-18-14-19(24-26-28-30-33(24)23(17)18)15-31(20-10-3-2-4-11-20)16-22-25-27-29-32(22)21-12-5-6-13-21/h7-9,14,20-21H,2-6,10-13,15-16H2,1H3. The molecule has 0 radical (unpaired) electrons. The minimum atomic E-state index is 0.444. The maximum absolute atomic E-state index is 4.47. The fourth-order valence-electron chi connectivity index (χ4n) is 5.90. The van der Waals surface area contributed by atoms with Gasteiger partial charge in [-0.05, 0) is 65.1 Å². The van der Waals surface area contributed by atoms with Gasteiger partial charge in [0.05, 0.1) is 18.1 Å². The normalized spacial score (nSPS) is 18.2. The molecule has 0 unspecified atom stereocenters. The first-order valence-corrected chi connectivity index (χ1v) is 12.4. The van der Waals surface area contributed by atoms with Crippen LogP contribution in [0, 0.1) is 6.92 Å². The molecule has 1 aromatic carbocycles. The Hall–Kier alpha value is -2.94. The maximum Gasteiger partial charge on any atom is 0.184 e. The average Bonchev–Trinajstić information content (AvgIpc) is 3.60. The highest BCUT2D eigenvalue weighted by Crippen LogP contribution is 2.31. The van der Waals surface area contributed by atoms with Crippen LogP contribution in [0.5, 0.6) is 0 Å². The number of pyridine rings is 1. The van der Waals surface area contributed by atoms with Gasteiger partial charge in [-0.15, -0.1) is 10.2 Å². The summed E-state index contributed by atoms with van der Waals surface area (Å²) in [5.41, 5.74) is 4.25. The Balaban J connectivity index is 1.37. The fourth-order valence-corrected chi connectivity index (χ4v) is 5.90. The van der Waals surface area contributed by atoms with Crippen molar-refractivity contribution in [3.63, 3.8) is 0 Å². The number of para-hydroxylation sites is 1. The van der Waals surface area contributed by atoms with E-state index in [1.54, 1.807) is 0 Å². The van der Waals surface area contributed by atoms with Crippen molar-refractivity contribution >= 4 is 16.6 Å². The zero-order valence-electron chi connectivity index (χ0n) is 19.3. The third-order valence-corrected chi connectivity index (χ3v) is 7.61. The van der Waals surface area contributed by atoms with E-state index in [0.29, 0.717) is 12.1 Å². The lowest BCUT2D eigenvalue weighted by Gasteiger charge is -2.34. The summed E-state index contributed by atoms with van der Waals surface area (Å²) in [7, 11) is 0. The molecule has 2 saturated carbocycles. The van der Waals surface area contributed by atoms with E-state index >= 15 is 0 Å². The second-order valence-electron chi connectivity index (χ2n) is 9.77. The van der Waals surface area contributed by atoms with Crippen molar-refractivity contribution in [2.75, 3.05) is 0 Å². The van der Waals surface area contributed by atoms with Gasteiger partial charge in [-0.1, -0.05) is 50.3 Å².